The average molecular weight is 361 g/mol. The van der Waals surface area contributed by atoms with Crippen LogP contribution in [0.2, 0.25) is 0 Å². The molecule has 0 radical (unpaired) electrons. The molecule has 0 unspecified atom stereocenters. The van der Waals surface area contributed by atoms with Crippen LogP contribution in [-0.2, 0) is 22.6 Å². The van der Waals surface area contributed by atoms with Gasteiger partial charge in [0, 0.05) is 19.6 Å². The molecule has 1 heterocycles. The molecule has 1 aliphatic heterocycles. The molecule has 0 spiro atoms. The highest BCUT2D eigenvalue weighted by atomic mass is 16.5. The van der Waals surface area contributed by atoms with Crippen LogP contribution in [0.15, 0.2) is 29.3 Å². The van der Waals surface area contributed by atoms with Crippen LogP contribution < -0.4 is 10.6 Å². The van der Waals surface area contributed by atoms with Crippen LogP contribution in [0.5, 0.6) is 0 Å². The summed E-state index contributed by atoms with van der Waals surface area (Å²) in [5, 5.41) is 6.34. The van der Waals surface area contributed by atoms with E-state index in [4.69, 9.17) is 0 Å². The summed E-state index contributed by atoms with van der Waals surface area (Å²) in [6.07, 6.45) is 4.34. The van der Waals surface area contributed by atoms with E-state index in [9.17, 15) is 4.79 Å². The maximum absolute atomic E-state index is 11.2. The first-order chi connectivity index (χ1) is 12.7. The number of hydrogen-bond acceptors (Lipinski definition) is 4. The Morgan fingerprint density at radius 1 is 1.12 bits per heavy atom. The SMILES string of the molecule is CCNC(=NCc1ccc(CN2CCCCC2)cc1)NCCC(=O)OC. The van der Waals surface area contributed by atoms with Crippen molar-refractivity contribution in [3.05, 3.63) is 35.4 Å². The number of ether oxygens (including phenoxy) is 1. The minimum absolute atomic E-state index is 0.224. The molecule has 0 atom stereocenters. The highest BCUT2D eigenvalue weighted by molar-refractivity contribution is 5.80. The van der Waals surface area contributed by atoms with E-state index >= 15 is 0 Å². The highest BCUT2D eigenvalue weighted by Crippen LogP contribution is 2.14. The van der Waals surface area contributed by atoms with Crippen molar-refractivity contribution in [2.75, 3.05) is 33.3 Å². The normalized spacial score (nSPS) is 15.5. The number of benzene rings is 1. The van der Waals surface area contributed by atoms with Crippen LogP contribution >= 0.6 is 0 Å². The van der Waals surface area contributed by atoms with Gasteiger partial charge in [0.25, 0.3) is 0 Å². The Bertz CT molecular complexity index is 566. The number of esters is 1. The van der Waals surface area contributed by atoms with Crippen molar-refractivity contribution in [1.29, 1.82) is 0 Å². The molecular formula is C20H32N4O2. The number of guanidine groups is 1. The maximum atomic E-state index is 11.2. The Balaban J connectivity index is 1.82. The van der Waals surface area contributed by atoms with Crippen molar-refractivity contribution in [2.24, 2.45) is 4.99 Å². The molecule has 0 saturated carbocycles. The summed E-state index contributed by atoms with van der Waals surface area (Å²) in [4.78, 5) is 18.3. The van der Waals surface area contributed by atoms with Crippen molar-refractivity contribution >= 4 is 11.9 Å². The Morgan fingerprint density at radius 2 is 1.81 bits per heavy atom. The molecule has 144 valence electrons. The van der Waals surface area contributed by atoms with E-state index < -0.39 is 0 Å². The highest BCUT2D eigenvalue weighted by Gasteiger charge is 2.10. The number of carbonyl (C=O) groups excluding carboxylic acids is 1. The molecule has 2 N–H and O–H groups in total. The van der Waals surface area contributed by atoms with Crippen LogP contribution in [0.25, 0.3) is 0 Å². The molecule has 1 aromatic rings. The summed E-state index contributed by atoms with van der Waals surface area (Å²) in [5.41, 5.74) is 2.54. The van der Waals surface area contributed by atoms with Crippen molar-refractivity contribution in [1.82, 2.24) is 15.5 Å². The number of likely N-dealkylation sites (tertiary alicyclic amines) is 1. The largest absolute Gasteiger partial charge is 0.469 e. The number of carbonyl (C=O) groups is 1. The summed E-state index contributed by atoms with van der Waals surface area (Å²) in [7, 11) is 1.40. The topological polar surface area (TPSA) is 66.0 Å². The second kappa shape index (κ2) is 11.5. The monoisotopic (exact) mass is 360 g/mol. The molecular weight excluding hydrogens is 328 g/mol. The van der Waals surface area contributed by atoms with Gasteiger partial charge in [-0.05, 0) is 44.0 Å². The predicted molar refractivity (Wildman–Crippen MR) is 105 cm³/mol. The standard InChI is InChI=1S/C20H32N4O2/c1-3-21-20(22-12-11-19(25)26-2)23-15-17-7-9-18(10-8-17)16-24-13-5-4-6-14-24/h7-10H,3-6,11-16H2,1-2H3,(H2,21,22,23). The van der Waals surface area contributed by atoms with Gasteiger partial charge in [0.05, 0.1) is 20.1 Å². The van der Waals surface area contributed by atoms with E-state index in [1.54, 1.807) is 0 Å². The lowest BCUT2D eigenvalue weighted by Crippen LogP contribution is -2.38. The van der Waals surface area contributed by atoms with Gasteiger partial charge in [0.15, 0.2) is 5.96 Å². The molecule has 0 bridgehead atoms. The van der Waals surface area contributed by atoms with Crippen molar-refractivity contribution in [3.63, 3.8) is 0 Å². The molecule has 1 saturated heterocycles. The van der Waals surface area contributed by atoms with Crippen LogP contribution in [0.1, 0.15) is 43.7 Å². The fourth-order valence-electron chi connectivity index (χ4n) is 3.02. The van der Waals surface area contributed by atoms with E-state index in [0.29, 0.717) is 25.5 Å². The number of nitrogens with zero attached hydrogens (tertiary/aromatic N) is 2. The van der Waals surface area contributed by atoms with Crippen LogP contribution in [-0.4, -0.2) is 50.1 Å². The summed E-state index contributed by atoms with van der Waals surface area (Å²) >= 11 is 0. The Hall–Kier alpha value is -2.08. The minimum atomic E-state index is -0.224. The Labute approximate surface area is 157 Å². The molecule has 0 aliphatic carbocycles. The number of aliphatic imine (C=N–C) groups is 1. The smallest absolute Gasteiger partial charge is 0.307 e. The fourth-order valence-corrected chi connectivity index (χ4v) is 3.02. The predicted octanol–water partition coefficient (Wildman–Crippen LogP) is 2.29. The van der Waals surface area contributed by atoms with E-state index in [0.717, 1.165) is 13.1 Å². The third-order valence-electron chi connectivity index (χ3n) is 4.49. The van der Waals surface area contributed by atoms with Crippen molar-refractivity contribution < 1.29 is 9.53 Å². The zero-order valence-corrected chi connectivity index (χ0v) is 16.1. The first-order valence-corrected chi connectivity index (χ1v) is 9.60. The zero-order valence-electron chi connectivity index (χ0n) is 16.1. The van der Waals surface area contributed by atoms with Crippen LogP contribution in [0.4, 0.5) is 0 Å². The fraction of sp³-hybridized carbons (Fsp3) is 0.600. The maximum Gasteiger partial charge on any atom is 0.307 e. The lowest BCUT2D eigenvalue weighted by Gasteiger charge is -2.26. The molecule has 0 amide bonds. The second-order valence-corrected chi connectivity index (χ2v) is 6.60. The Morgan fingerprint density at radius 3 is 2.46 bits per heavy atom. The number of nitrogens with one attached hydrogen (secondary N) is 2. The van der Waals surface area contributed by atoms with Gasteiger partial charge in [-0.1, -0.05) is 30.7 Å². The van der Waals surface area contributed by atoms with E-state index in [2.05, 4.69) is 49.5 Å². The lowest BCUT2D eigenvalue weighted by molar-refractivity contribution is -0.140. The molecule has 1 fully saturated rings. The molecule has 6 nitrogen and oxygen atoms in total. The van der Waals surface area contributed by atoms with Crippen molar-refractivity contribution in [2.45, 2.75) is 45.7 Å². The molecule has 6 heteroatoms. The third kappa shape index (κ3) is 7.44. The number of methoxy groups -OCH3 is 1. The van der Waals surface area contributed by atoms with Gasteiger partial charge in [0.2, 0.25) is 0 Å². The lowest BCUT2D eigenvalue weighted by atomic mass is 10.1. The van der Waals surface area contributed by atoms with Crippen LogP contribution in [0, 0.1) is 0 Å². The zero-order chi connectivity index (χ0) is 18.6. The van der Waals surface area contributed by atoms with Gasteiger partial charge >= 0.3 is 5.97 Å². The molecule has 26 heavy (non-hydrogen) atoms. The Kier molecular flexibility index (Phi) is 8.96. The van der Waals surface area contributed by atoms with E-state index in [1.165, 1.54) is 50.6 Å². The van der Waals surface area contributed by atoms with Gasteiger partial charge in [-0.3, -0.25) is 9.69 Å². The molecule has 0 aromatic heterocycles. The van der Waals surface area contributed by atoms with Gasteiger partial charge in [0.1, 0.15) is 0 Å². The minimum Gasteiger partial charge on any atom is -0.469 e. The van der Waals surface area contributed by atoms with Gasteiger partial charge in [-0.2, -0.15) is 0 Å². The summed E-state index contributed by atoms with van der Waals surface area (Å²) < 4.78 is 4.64. The molecule has 2 rings (SSSR count). The summed E-state index contributed by atoms with van der Waals surface area (Å²) in [6, 6.07) is 8.72. The van der Waals surface area contributed by atoms with Crippen molar-refractivity contribution in [3.8, 4) is 0 Å². The summed E-state index contributed by atoms with van der Waals surface area (Å²) in [6.45, 7) is 7.39. The first-order valence-electron chi connectivity index (χ1n) is 9.60. The van der Waals surface area contributed by atoms with Gasteiger partial charge in [-0.25, -0.2) is 4.99 Å². The molecule has 1 aromatic carbocycles. The van der Waals surface area contributed by atoms with E-state index in [-0.39, 0.29) is 5.97 Å². The summed E-state index contributed by atoms with van der Waals surface area (Å²) in [5.74, 6) is 0.492. The number of rotatable bonds is 8. The third-order valence-corrected chi connectivity index (χ3v) is 4.49. The first kappa shape index (κ1) is 20.2. The second-order valence-electron chi connectivity index (χ2n) is 6.60. The molecule has 1 aliphatic rings. The van der Waals surface area contributed by atoms with Gasteiger partial charge in [-0.15, -0.1) is 0 Å². The van der Waals surface area contributed by atoms with Gasteiger partial charge < -0.3 is 15.4 Å². The number of piperidine rings is 1. The van der Waals surface area contributed by atoms with E-state index in [1.807, 2.05) is 6.92 Å². The number of hydrogen-bond donors (Lipinski definition) is 2. The average Bonchev–Trinajstić information content (AvgIpc) is 2.68. The quantitative estimate of drug-likeness (QED) is 0.423. The van der Waals surface area contributed by atoms with Crippen LogP contribution in [0.3, 0.4) is 0 Å².